The lowest BCUT2D eigenvalue weighted by Crippen LogP contribution is -2.51. The van der Waals surface area contributed by atoms with Crippen LogP contribution in [0.1, 0.15) is 73.3 Å². The second kappa shape index (κ2) is 6.80. The molecule has 0 bridgehead atoms. The zero-order chi connectivity index (χ0) is 22.1. The highest BCUT2D eigenvalue weighted by Gasteiger charge is 2.56. The molecule has 2 nitrogen and oxygen atoms in total. The summed E-state index contributed by atoms with van der Waals surface area (Å²) in [7, 11) is 0. The lowest BCUT2D eigenvalue weighted by Gasteiger charge is -2.34. The topological polar surface area (TPSA) is 7.94 Å². The van der Waals surface area contributed by atoms with Gasteiger partial charge in [-0.3, -0.25) is 0 Å². The fourth-order valence-corrected chi connectivity index (χ4v) is 5.92. The maximum atomic E-state index is 16.2. The van der Waals surface area contributed by atoms with E-state index in [4.69, 9.17) is 0 Å². The first-order valence-electron chi connectivity index (χ1n) is 11.0. The summed E-state index contributed by atoms with van der Waals surface area (Å²) >= 11 is 0. The van der Waals surface area contributed by atoms with Gasteiger partial charge in [-0.15, -0.1) is 0 Å². The zero-order valence-corrected chi connectivity index (χ0v) is 19.4. The summed E-state index contributed by atoms with van der Waals surface area (Å²) in [5, 5.41) is 0. The van der Waals surface area contributed by atoms with Crippen molar-refractivity contribution >= 4 is 18.3 Å². The molecule has 0 unspecified atom stereocenters. The molecule has 30 heavy (non-hydrogen) atoms. The van der Waals surface area contributed by atoms with Crippen LogP contribution in [-0.2, 0) is 6.42 Å². The minimum atomic E-state index is -3.97. The highest BCUT2D eigenvalue weighted by Crippen LogP contribution is 2.48. The minimum absolute atomic E-state index is 0.688. The normalized spacial score (nSPS) is 17.8. The van der Waals surface area contributed by atoms with E-state index in [1.165, 1.54) is 8.96 Å². The number of aromatic nitrogens is 1. The number of aryl methyl sites for hydroxylation is 2. The van der Waals surface area contributed by atoms with Gasteiger partial charge in [0.15, 0.2) is 5.70 Å². The summed E-state index contributed by atoms with van der Waals surface area (Å²) in [5.41, 5.74) is 11.1. The van der Waals surface area contributed by atoms with Gasteiger partial charge < -0.3 is 17.6 Å². The Bertz CT molecular complexity index is 1170. The molecule has 4 rings (SSSR count). The molecule has 0 amide bonds. The number of rotatable bonds is 3. The molecule has 1 aromatic heterocycles. The van der Waals surface area contributed by atoms with Gasteiger partial charge in [0.2, 0.25) is 0 Å². The van der Waals surface area contributed by atoms with Crippen LogP contribution in [0.15, 0.2) is 35.0 Å². The number of hydrogen-bond donors (Lipinski definition) is 0. The van der Waals surface area contributed by atoms with Crippen LogP contribution in [0, 0.1) is 27.7 Å². The van der Waals surface area contributed by atoms with Crippen LogP contribution in [0.3, 0.4) is 0 Å². The maximum Gasteiger partial charge on any atom is 0.737 e. The Morgan fingerprint density at radius 1 is 0.933 bits per heavy atom. The summed E-state index contributed by atoms with van der Waals surface area (Å²) in [6.07, 6.45) is 1.49. The van der Waals surface area contributed by atoms with Gasteiger partial charge in [-0.2, -0.15) is 0 Å². The maximum absolute atomic E-state index is 16.2. The first-order valence-corrected chi connectivity index (χ1v) is 11.0. The average molecular weight is 408 g/mol. The minimum Gasteiger partial charge on any atom is -0.393 e. The third-order valence-electron chi connectivity index (χ3n) is 7.23. The van der Waals surface area contributed by atoms with Crippen molar-refractivity contribution in [3.8, 4) is 0 Å². The quantitative estimate of drug-likeness (QED) is 0.513. The lowest BCUT2D eigenvalue weighted by atomic mass is 9.81. The Labute approximate surface area is 178 Å². The van der Waals surface area contributed by atoms with Gasteiger partial charge in [0.1, 0.15) is 5.71 Å². The van der Waals surface area contributed by atoms with Crippen molar-refractivity contribution in [3.05, 3.63) is 74.2 Å². The highest BCUT2D eigenvalue weighted by molar-refractivity contribution is 6.58. The van der Waals surface area contributed by atoms with Crippen LogP contribution in [0.25, 0.3) is 5.57 Å². The second-order valence-electron chi connectivity index (χ2n) is 8.75. The van der Waals surface area contributed by atoms with Crippen molar-refractivity contribution in [1.82, 2.24) is 4.48 Å². The van der Waals surface area contributed by atoms with Crippen LogP contribution in [-0.4, -0.2) is 21.6 Å². The SMILES string of the molecule is CCC1=C(C)C2=C(c3c(C)cccc3C)c3c(C)c(CC)c(C)n3[B-](F)(F)[N+]2=C1C. The van der Waals surface area contributed by atoms with E-state index in [0.29, 0.717) is 22.8 Å². The zero-order valence-electron chi connectivity index (χ0n) is 19.4. The first-order chi connectivity index (χ1) is 14.1. The molecule has 0 saturated carbocycles. The van der Waals surface area contributed by atoms with E-state index in [1.807, 2.05) is 33.8 Å². The predicted octanol–water partition coefficient (Wildman–Crippen LogP) is 6.49. The molecule has 0 saturated heterocycles. The fourth-order valence-electron chi connectivity index (χ4n) is 5.92. The van der Waals surface area contributed by atoms with Gasteiger partial charge in [0, 0.05) is 23.8 Å². The van der Waals surface area contributed by atoms with Crippen LogP contribution >= 0.6 is 0 Å². The number of allylic oxidation sites excluding steroid dienone is 2. The molecule has 2 aliphatic rings. The Balaban J connectivity index is 2.29. The predicted molar refractivity (Wildman–Crippen MR) is 123 cm³/mol. The molecular formula is C25H31BF2N2. The summed E-state index contributed by atoms with van der Waals surface area (Å²) in [6.45, 7) is 12.0. The van der Waals surface area contributed by atoms with Crippen LogP contribution in [0.2, 0.25) is 0 Å². The van der Waals surface area contributed by atoms with E-state index < -0.39 is 6.97 Å². The molecule has 2 aliphatic heterocycles. The van der Waals surface area contributed by atoms with Crippen molar-refractivity contribution in [2.45, 2.75) is 68.2 Å². The third kappa shape index (κ3) is 2.44. The summed E-state index contributed by atoms with van der Waals surface area (Å²) < 4.78 is 35.2. The van der Waals surface area contributed by atoms with Gasteiger partial charge in [0.25, 0.3) is 0 Å². The van der Waals surface area contributed by atoms with E-state index >= 15 is 8.63 Å². The summed E-state index contributed by atoms with van der Waals surface area (Å²) in [6, 6.07) is 6.21. The third-order valence-corrected chi connectivity index (χ3v) is 7.23. The van der Waals surface area contributed by atoms with Gasteiger partial charge >= 0.3 is 6.97 Å². The van der Waals surface area contributed by atoms with Crippen LogP contribution < -0.4 is 0 Å². The smallest absolute Gasteiger partial charge is 0.393 e. The molecule has 0 atom stereocenters. The monoisotopic (exact) mass is 408 g/mol. The lowest BCUT2D eigenvalue weighted by molar-refractivity contribution is -0.363. The average Bonchev–Trinajstić information content (AvgIpc) is 3.08. The molecular weight excluding hydrogens is 377 g/mol. The molecule has 0 spiro atoms. The van der Waals surface area contributed by atoms with Crippen molar-refractivity contribution in [3.63, 3.8) is 0 Å². The first kappa shape index (κ1) is 20.8. The largest absolute Gasteiger partial charge is 0.737 e. The molecule has 0 fully saturated rings. The molecule has 2 aromatic rings. The number of fused-ring (bicyclic) bond motifs is 2. The van der Waals surface area contributed by atoms with Crippen LogP contribution in [0.5, 0.6) is 0 Å². The van der Waals surface area contributed by atoms with E-state index in [-0.39, 0.29) is 0 Å². The highest BCUT2D eigenvalue weighted by atomic mass is 19.2. The van der Waals surface area contributed by atoms with Gasteiger partial charge in [-0.1, -0.05) is 32.0 Å². The van der Waals surface area contributed by atoms with Crippen molar-refractivity contribution in [2.75, 3.05) is 0 Å². The Hall–Kier alpha value is -2.43. The molecule has 0 aliphatic carbocycles. The fraction of sp³-hybridized carbons (Fsp3) is 0.400. The van der Waals surface area contributed by atoms with Crippen LogP contribution in [0.4, 0.5) is 8.63 Å². The number of hydrogen-bond acceptors (Lipinski definition) is 0. The number of halogens is 2. The summed E-state index contributed by atoms with van der Waals surface area (Å²) in [5.74, 6) is 0. The Morgan fingerprint density at radius 3 is 2.07 bits per heavy atom. The molecule has 3 heterocycles. The van der Waals surface area contributed by atoms with Gasteiger partial charge in [0.05, 0.1) is 5.57 Å². The molecule has 0 N–H and O–H groups in total. The standard InChI is InChI=1S/C25H31BF2N2/c1-9-20-16(5)24-23(22-14(3)12-11-13-15(22)4)25-17(6)21(10-2)19(8)30(25)26(27,28)29(24)18(20)7/h11-13H,9-10H2,1-8H3. The van der Waals surface area contributed by atoms with E-state index in [0.717, 1.165) is 57.4 Å². The summed E-state index contributed by atoms with van der Waals surface area (Å²) in [4.78, 5) is 0. The van der Waals surface area contributed by atoms with E-state index in [1.54, 1.807) is 0 Å². The second-order valence-corrected chi connectivity index (χ2v) is 8.75. The molecule has 5 heteroatoms. The molecule has 0 radical (unpaired) electrons. The Morgan fingerprint density at radius 2 is 1.53 bits per heavy atom. The number of benzene rings is 1. The van der Waals surface area contributed by atoms with Gasteiger partial charge in [-0.05, 0) is 81.0 Å². The van der Waals surface area contributed by atoms with Crippen molar-refractivity contribution in [2.24, 2.45) is 0 Å². The number of nitrogens with zero attached hydrogens (tertiary/aromatic N) is 2. The van der Waals surface area contributed by atoms with Crippen molar-refractivity contribution < 1.29 is 13.1 Å². The van der Waals surface area contributed by atoms with Crippen molar-refractivity contribution in [1.29, 1.82) is 0 Å². The Kier molecular flexibility index (Phi) is 4.72. The van der Waals surface area contributed by atoms with Gasteiger partial charge in [-0.25, -0.2) is 0 Å². The molecule has 1 aromatic carbocycles. The van der Waals surface area contributed by atoms with E-state index in [9.17, 15) is 0 Å². The van der Waals surface area contributed by atoms with E-state index in [2.05, 4.69) is 39.8 Å². The molecule has 158 valence electrons.